The average Bonchev–Trinajstić information content (AvgIpc) is 2.06. The molecule has 0 aliphatic carbocycles. The summed E-state index contributed by atoms with van der Waals surface area (Å²) < 4.78 is 0. The van der Waals surface area contributed by atoms with Crippen LogP contribution >= 0.6 is 0 Å². The number of hydrogen-bond acceptors (Lipinski definition) is 2. The second kappa shape index (κ2) is 3.70. The van der Waals surface area contributed by atoms with E-state index in [4.69, 9.17) is 0 Å². The molecule has 0 aromatic heterocycles. The Morgan fingerprint density at radius 2 is 2.08 bits per heavy atom. The van der Waals surface area contributed by atoms with Crippen molar-refractivity contribution in [3.8, 4) is 0 Å². The largest absolute Gasteiger partial charge is 0.283 e. The van der Waals surface area contributed by atoms with Gasteiger partial charge in [0.2, 0.25) is 11.8 Å². The average molecular weight is 169 g/mol. The third-order valence-electron chi connectivity index (χ3n) is 2.43. The van der Waals surface area contributed by atoms with Crippen molar-refractivity contribution >= 4 is 11.8 Å². The summed E-state index contributed by atoms with van der Waals surface area (Å²) in [6.45, 7) is 4.36. The Kier molecular flexibility index (Phi) is 2.84. The summed E-state index contributed by atoms with van der Waals surface area (Å²) in [5.74, 6) is 0.103. The van der Waals surface area contributed by atoms with Crippen molar-refractivity contribution in [3.05, 3.63) is 0 Å². The maximum Gasteiger partial charge on any atom is 0.232 e. The Morgan fingerprint density at radius 1 is 1.42 bits per heavy atom. The fourth-order valence-electron chi connectivity index (χ4n) is 1.61. The minimum absolute atomic E-state index is 0.00722. The van der Waals surface area contributed by atoms with Crippen molar-refractivity contribution in [2.75, 3.05) is 6.54 Å². The maximum absolute atomic E-state index is 11.5. The van der Waals surface area contributed by atoms with Gasteiger partial charge in [0, 0.05) is 18.9 Å². The number of amides is 2. The Balaban J connectivity index is 2.70. The first-order chi connectivity index (χ1) is 5.70. The summed E-state index contributed by atoms with van der Waals surface area (Å²) in [5.41, 5.74) is 0. The molecule has 68 valence electrons. The van der Waals surface area contributed by atoms with Crippen LogP contribution in [0.1, 0.15) is 33.1 Å². The molecule has 0 bridgehead atoms. The highest BCUT2D eigenvalue weighted by Crippen LogP contribution is 2.21. The summed E-state index contributed by atoms with van der Waals surface area (Å²) in [5, 5.41) is 0. The van der Waals surface area contributed by atoms with Gasteiger partial charge < -0.3 is 0 Å². The Morgan fingerprint density at radius 3 is 2.58 bits per heavy atom. The lowest BCUT2D eigenvalue weighted by Gasteiger charge is -2.28. The minimum atomic E-state index is -0.00722. The molecule has 12 heavy (non-hydrogen) atoms. The molecular weight excluding hydrogens is 154 g/mol. The molecular formula is C9H15NO2. The van der Waals surface area contributed by atoms with Crippen molar-refractivity contribution in [2.24, 2.45) is 5.92 Å². The maximum atomic E-state index is 11.5. The highest BCUT2D eigenvalue weighted by atomic mass is 16.2. The van der Waals surface area contributed by atoms with Crippen molar-refractivity contribution in [1.82, 2.24) is 4.90 Å². The van der Waals surface area contributed by atoms with Crippen LogP contribution in [0, 0.1) is 5.92 Å². The third-order valence-corrected chi connectivity index (χ3v) is 2.43. The van der Waals surface area contributed by atoms with Gasteiger partial charge in [0.1, 0.15) is 0 Å². The molecule has 0 spiro atoms. The smallest absolute Gasteiger partial charge is 0.232 e. The third kappa shape index (κ3) is 1.49. The molecule has 0 aromatic carbocycles. The monoisotopic (exact) mass is 169 g/mol. The molecule has 1 aliphatic heterocycles. The molecule has 0 N–H and O–H groups in total. The van der Waals surface area contributed by atoms with E-state index in [1.807, 2.05) is 13.8 Å². The van der Waals surface area contributed by atoms with Gasteiger partial charge in [-0.15, -0.1) is 0 Å². The van der Waals surface area contributed by atoms with Crippen LogP contribution in [-0.2, 0) is 9.59 Å². The molecule has 1 rings (SSSR count). The van der Waals surface area contributed by atoms with E-state index in [2.05, 4.69) is 0 Å². The van der Waals surface area contributed by atoms with Crippen molar-refractivity contribution in [3.63, 3.8) is 0 Å². The highest BCUT2D eigenvalue weighted by Gasteiger charge is 2.31. The summed E-state index contributed by atoms with van der Waals surface area (Å²) in [7, 11) is 0. The quantitative estimate of drug-likeness (QED) is 0.582. The van der Waals surface area contributed by atoms with Gasteiger partial charge >= 0.3 is 0 Å². The van der Waals surface area contributed by atoms with Crippen LogP contribution in [0.4, 0.5) is 0 Å². The van der Waals surface area contributed by atoms with E-state index in [9.17, 15) is 9.59 Å². The number of carbonyl (C=O) groups is 2. The summed E-state index contributed by atoms with van der Waals surface area (Å²) >= 11 is 0. The Bertz CT molecular complexity index is 201. The summed E-state index contributed by atoms with van der Waals surface area (Å²) in [6.07, 6.45) is 2.13. The minimum Gasteiger partial charge on any atom is -0.283 e. The molecule has 3 heteroatoms. The van der Waals surface area contributed by atoms with Crippen LogP contribution in [0.2, 0.25) is 0 Å². The summed E-state index contributed by atoms with van der Waals surface area (Å²) in [6, 6.07) is 0. The van der Waals surface area contributed by atoms with Crippen LogP contribution in [0.5, 0.6) is 0 Å². The Labute approximate surface area is 72.7 Å². The number of carbonyl (C=O) groups excluding carboxylic acids is 2. The van der Waals surface area contributed by atoms with E-state index in [1.165, 1.54) is 4.90 Å². The normalized spacial score (nSPS) is 24.8. The van der Waals surface area contributed by atoms with Crippen molar-refractivity contribution in [2.45, 2.75) is 33.1 Å². The predicted octanol–water partition coefficient (Wildman–Crippen LogP) is 1.18. The van der Waals surface area contributed by atoms with Gasteiger partial charge in [-0.2, -0.15) is 0 Å². The summed E-state index contributed by atoms with van der Waals surface area (Å²) in [4.78, 5) is 24.1. The molecule has 0 aromatic rings. The standard InChI is InChI=1S/C9H15NO2/c1-3-7-5-6-8(11)10(4-2)9(7)12/h7H,3-6H2,1-2H3/t7-/m1/s1. The zero-order chi connectivity index (χ0) is 9.14. The van der Waals surface area contributed by atoms with Crippen LogP contribution in [0.15, 0.2) is 0 Å². The van der Waals surface area contributed by atoms with Crippen molar-refractivity contribution in [1.29, 1.82) is 0 Å². The van der Waals surface area contributed by atoms with E-state index < -0.39 is 0 Å². The van der Waals surface area contributed by atoms with E-state index >= 15 is 0 Å². The van der Waals surface area contributed by atoms with E-state index in [-0.39, 0.29) is 17.7 Å². The van der Waals surface area contributed by atoms with E-state index in [0.717, 1.165) is 12.8 Å². The second-order valence-corrected chi connectivity index (χ2v) is 3.12. The first-order valence-electron chi connectivity index (χ1n) is 4.54. The van der Waals surface area contributed by atoms with Crippen molar-refractivity contribution < 1.29 is 9.59 Å². The van der Waals surface area contributed by atoms with Crippen LogP contribution in [0.3, 0.4) is 0 Å². The van der Waals surface area contributed by atoms with Crippen LogP contribution in [0.25, 0.3) is 0 Å². The molecule has 3 nitrogen and oxygen atoms in total. The fourth-order valence-corrected chi connectivity index (χ4v) is 1.61. The van der Waals surface area contributed by atoms with E-state index in [0.29, 0.717) is 13.0 Å². The lowest BCUT2D eigenvalue weighted by atomic mass is 9.94. The molecule has 1 heterocycles. The fraction of sp³-hybridized carbons (Fsp3) is 0.778. The van der Waals surface area contributed by atoms with Gasteiger partial charge in [0.05, 0.1) is 0 Å². The zero-order valence-corrected chi connectivity index (χ0v) is 7.67. The topological polar surface area (TPSA) is 37.4 Å². The number of hydrogen-bond donors (Lipinski definition) is 0. The first kappa shape index (κ1) is 9.23. The zero-order valence-electron chi connectivity index (χ0n) is 7.67. The lowest BCUT2D eigenvalue weighted by Crippen LogP contribution is -2.44. The molecule has 1 aliphatic rings. The number of rotatable bonds is 2. The number of piperidine rings is 1. The van der Waals surface area contributed by atoms with Gasteiger partial charge in [0.25, 0.3) is 0 Å². The second-order valence-electron chi connectivity index (χ2n) is 3.12. The van der Waals surface area contributed by atoms with Crippen LogP contribution in [-0.4, -0.2) is 23.3 Å². The number of nitrogens with zero attached hydrogens (tertiary/aromatic N) is 1. The molecule has 0 saturated carbocycles. The number of likely N-dealkylation sites (tertiary alicyclic amines) is 1. The van der Waals surface area contributed by atoms with Gasteiger partial charge in [-0.1, -0.05) is 6.92 Å². The lowest BCUT2D eigenvalue weighted by molar-refractivity contribution is -0.151. The number of imide groups is 1. The van der Waals surface area contributed by atoms with E-state index in [1.54, 1.807) is 0 Å². The Hall–Kier alpha value is -0.860. The predicted molar refractivity (Wildman–Crippen MR) is 45.4 cm³/mol. The molecule has 1 atom stereocenters. The molecule has 0 unspecified atom stereocenters. The molecule has 2 amide bonds. The SMILES string of the molecule is CC[C@@H]1CCC(=O)N(CC)C1=O. The van der Waals surface area contributed by atoms with Gasteiger partial charge in [-0.3, -0.25) is 14.5 Å². The molecule has 1 saturated heterocycles. The first-order valence-corrected chi connectivity index (χ1v) is 4.54. The van der Waals surface area contributed by atoms with Gasteiger partial charge in [0.15, 0.2) is 0 Å². The molecule has 0 radical (unpaired) electrons. The molecule has 1 fully saturated rings. The van der Waals surface area contributed by atoms with Gasteiger partial charge in [-0.25, -0.2) is 0 Å². The highest BCUT2D eigenvalue weighted by molar-refractivity contribution is 5.98. The van der Waals surface area contributed by atoms with Gasteiger partial charge in [-0.05, 0) is 19.8 Å². The van der Waals surface area contributed by atoms with Crippen LogP contribution < -0.4 is 0 Å².